The molecule has 0 saturated heterocycles. The fourth-order valence-corrected chi connectivity index (χ4v) is 9.27. The lowest BCUT2D eigenvalue weighted by Gasteiger charge is -2.12. The topological polar surface area (TPSA) is 133 Å². The second-order valence-electron chi connectivity index (χ2n) is 15.2. The first-order valence-electron chi connectivity index (χ1n) is 19.4. The van der Waals surface area contributed by atoms with E-state index in [4.69, 9.17) is 38.7 Å². The number of hydrogen-bond donors (Lipinski definition) is 0. The van der Waals surface area contributed by atoms with Crippen molar-refractivity contribution in [3.63, 3.8) is 0 Å². The standard InChI is InChI=1S/C46H24N12O2/c1-2-26-14-18-54-30-6-12-36(48-22-30)58-24-50-32-8-10-34-38(44(32)58)52-46(60-34)56-20-16-28-4-3-27-15-19-55(41(27)42(28)56)45-51-37-33(59-45)9-7-31-43(37)57(23-49-31)35-11-5-29(21-47-35)53-17-13-25(1)39(53)40(26)54/h1-24H. The molecule has 14 aromatic rings. The predicted molar refractivity (Wildman–Crippen MR) is 227 cm³/mol. The van der Waals surface area contributed by atoms with Crippen molar-refractivity contribution in [3.8, 4) is 35.0 Å². The van der Waals surface area contributed by atoms with Crippen molar-refractivity contribution < 1.29 is 8.83 Å². The van der Waals surface area contributed by atoms with Crippen molar-refractivity contribution in [1.82, 2.24) is 57.3 Å². The van der Waals surface area contributed by atoms with Crippen LogP contribution in [0.4, 0.5) is 0 Å². The number of imidazole rings is 2. The summed E-state index contributed by atoms with van der Waals surface area (Å²) in [6.07, 6.45) is 15.5. The SMILES string of the molecule is c1cc2ncc1-n1ccc3ccc4ccn(c4c31)-c1ccc(nc1)-n1cnc3ccc4oc(nc4c31)-n1ccc3ccc4ccn(c4c31)-c1nc3c(ccc4ncn-2c43)o1. The molecule has 8 bridgehead atoms. The monoisotopic (exact) mass is 776 g/mol. The van der Waals surface area contributed by atoms with Crippen LogP contribution in [-0.2, 0) is 0 Å². The van der Waals surface area contributed by atoms with Gasteiger partial charge in [-0.05, 0) is 72.8 Å². The van der Waals surface area contributed by atoms with Gasteiger partial charge in [-0.2, -0.15) is 9.97 Å². The van der Waals surface area contributed by atoms with E-state index in [1.165, 1.54) is 0 Å². The number of pyridine rings is 2. The molecule has 280 valence electrons. The van der Waals surface area contributed by atoms with Gasteiger partial charge in [-0.1, -0.05) is 24.3 Å². The zero-order valence-corrected chi connectivity index (χ0v) is 31.0. The fourth-order valence-electron chi connectivity index (χ4n) is 9.27. The van der Waals surface area contributed by atoms with Gasteiger partial charge >= 0.3 is 12.0 Å². The molecule has 0 N–H and O–H groups in total. The van der Waals surface area contributed by atoms with Crippen LogP contribution in [0.2, 0.25) is 0 Å². The molecule has 0 amide bonds. The third-order valence-corrected chi connectivity index (χ3v) is 12.0. The van der Waals surface area contributed by atoms with Crippen LogP contribution < -0.4 is 0 Å². The summed E-state index contributed by atoms with van der Waals surface area (Å²) in [5, 5.41) is 4.23. The van der Waals surface area contributed by atoms with Crippen LogP contribution in [-0.4, -0.2) is 57.3 Å². The molecule has 4 aliphatic heterocycles. The summed E-state index contributed by atoms with van der Waals surface area (Å²) in [5.41, 5.74) is 11.6. The van der Waals surface area contributed by atoms with Crippen LogP contribution in [0.5, 0.6) is 0 Å². The van der Waals surface area contributed by atoms with E-state index in [-0.39, 0.29) is 0 Å². The predicted octanol–water partition coefficient (Wildman–Crippen LogP) is 9.53. The molecule has 14 heteroatoms. The van der Waals surface area contributed by atoms with Gasteiger partial charge in [0.1, 0.15) is 46.4 Å². The maximum absolute atomic E-state index is 6.57. The van der Waals surface area contributed by atoms with E-state index in [0.717, 1.165) is 77.1 Å². The van der Waals surface area contributed by atoms with E-state index in [2.05, 4.69) is 82.2 Å². The lowest BCUT2D eigenvalue weighted by atomic mass is 10.2. The number of oxazole rings is 2. The Labute approximate surface area is 335 Å². The van der Waals surface area contributed by atoms with E-state index in [1.807, 2.05) is 79.5 Å². The van der Waals surface area contributed by atoms with Gasteiger partial charge in [0.2, 0.25) is 0 Å². The van der Waals surface area contributed by atoms with Crippen LogP contribution >= 0.6 is 0 Å². The van der Waals surface area contributed by atoms with Gasteiger partial charge in [0.05, 0.1) is 56.9 Å². The summed E-state index contributed by atoms with van der Waals surface area (Å²) >= 11 is 0. The Bertz CT molecular complexity index is 3860. The molecule has 0 aliphatic carbocycles. The molecule has 4 aliphatic rings. The molecule has 0 atom stereocenters. The third kappa shape index (κ3) is 3.81. The molecule has 0 spiro atoms. The minimum Gasteiger partial charge on any atom is -0.423 e. The number of hydrogen-bond acceptors (Lipinski definition) is 8. The Morgan fingerprint density at radius 1 is 0.350 bits per heavy atom. The number of rotatable bonds is 0. The largest absolute Gasteiger partial charge is 0.423 e. The average Bonchev–Trinajstić information content (AvgIpc) is 4.14. The quantitative estimate of drug-likeness (QED) is 0.149. The van der Waals surface area contributed by atoms with Crippen molar-refractivity contribution in [2.45, 2.75) is 0 Å². The molecule has 60 heavy (non-hydrogen) atoms. The Morgan fingerprint density at radius 2 is 0.767 bits per heavy atom. The van der Waals surface area contributed by atoms with Gasteiger partial charge in [0.25, 0.3) is 0 Å². The maximum atomic E-state index is 6.57. The highest BCUT2D eigenvalue weighted by molar-refractivity contribution is 6.08. The highest BCUT2D eigenvalue weighted by Crippen LogP contribution is 2.37. The first kappa shape index (κ1) is 30.4. The van der Waals surface area contributed by atoms with Gasteiger partial charge in [-0.3, -0.25) is 18.3 Å². The maximum Gasteiger partial charge on any atom is 0.307 e. The molecule has 0 radical (unpaired) electrons. The highest BCUT2D eigenvalue weighted by atomic mass is 16.4. The smallest absolute Gasteiger partial charge is 0.307 e. The van der Waals surface area contributed by atoms with Crippen LogP contribution in [0.1, 0.15) is 0 Å². The molecule has 0 saturated carbocycles. The fraction of sp³-hybridized carbons (Fsp3) is 0. The second kappa shape index (κ2) is 10.6. The molecule has 10 aromatic heterocycles. The Kier molecular flexibility index (Phi) is 5.36. The van der Waals surface area contributed by atoms with E-state index in [0.29, 0.717) is 45.9 Å². The Morgan fingerprint density at radius 3 is 1.18 bits per heavy atom. The van der Waals surface area contributed by atoms with Gasteiger partial charge in [-0.15, -0.1) is 0 Å². The van der Waals surface area contributed by atoms with E-state index in [1.54, 1.807) is 12.7 Å². The van der Waals surface area contributed by atoms with E-state index < -0.39 is 0 Å². The normalized spacial score (nSPS) is 12.7. The highest BCUT2D eigenvalue weighted by Gasteiger charge is 2.23. The molecule has 0 unspecified atom stereocenters. The average molecular weight is 777 g/mol. The summed E-state index contributed by atoms with van der Waals surface area (Å²) in [7, 11) is 0. The van der Waals surface area contributed by atoms with Gasteiger partial charge < -0.3 is 18.0 Å². The summed E-state index contributed by atoms with van der Waals surface area (Å²) < 4.78 is 25.4. The zero-order chi connectivity index (χ0) is 38.8. The van der Waals surface area contributed by atoms with E-state index in [9.17, 15) is 0 Å². The summed E-state index contributed by atoms with van der Waals surface area (Å²) in [6.45, 7) is 0. The minimum atomic E-state index is 0.419. The zero-order valence-electron chi connectivity index (χ0n) is 31.0. The molecule has 14 nitrogen and oxygen atoms in total. The molecule has 18 rings (SSSR count). The second-order valence-corrected chi connectivity index (χ2v) is 15.2. The minimum absolute atomic E-state index is 0.419. The lowest BCUT2D eigenvalue weighted by Crippen LogP contribution is -2.01. The first-order chi connectivity index (χ1) is 29.7. The molecular weight excluding hydrogens is 753 g/mol. The van der Waals surface area contributed by atoms with Gasteiger partial charge in [0, 0.05) is 46.3 Å². The van der Waals surface area contributed by atoms with Crippen molar-refractivity contribution in [1.29, 1.82) is 0 Å². The number of benzene rings is 4. The Balaban J connectivity index is 1.03. The lowest BCUT2D eigenvalue weighted by molar-refractivity contribution is 0.566. The van der Waals surface area contributed by atoms with Crippen molar-refractivity contribution in [3.05, 3.63) is 147 Å². The van der Waals surface area contributed by atoms with Crippen molar-refractivity contribution in [2.75, 3.05) is 0 Å². The van der Waals surface area contributed by atoms with Crippen LogP contribution in [0.25, 0.3) is 123 Å². The summed E-state index contributed by atoms with van der Waals surface area (Å²) in [5.74, 6) is 1.41. The third-order valence-electron chi connectivity index (χ3n) is 12.0. The molecular formula is C46H24N12O2. The van der Waals surface area contributed by atoms with Gasteiger partial charge in [0.15, 0.2) is 11.2 Å². The van der Waals surface area contributed by atoms with Crippen LogP contribution in [0.3, 0.4) is 0 Å². The Hall–Kier alpha value is -8.78. The summed E-state index contributed by atoms with van der Waals surface area (Å²) in [6, 6.07) is 33.7. The summed E-state index contributed by atoms with van der Waals surface area (Å²) in [4.78, 5) is 29.8. The van der Waals surface area contributed by atoms with Gasteiger partial charge in [-0.25, -0.2) is 19.9 Å². The van der Waals surface area contributed by atoms with Crippen molar-refractivity contribution in [2.24, 2.45) is 0 Å². The number of nitrogens with zero attached hydrogens (tertiary/aromatic N) is 12. The first-order valence-corrected chi connectivity index (χ1v) is 19.4. The molecule has 0 fully saturated rings. The molecule has 14 heterocycles. The van der Waals surface area contributed by atoms with Crippen LogP contribution in [0.15, 0.2) is 156 Å². The van der Waals surface area contributed by atoms with E-state index >= 15 is 0 Å². The number of aromatic nitrogens is 12. The van der Waals surface area contributed by atoms with Crippen molar-refractivity contribution >= 4 is 87.9 Å². The van der Waals surface area contributed by atoms with Crippen LogP contribution in [0, 0.1) is 0 Å². The molecule has 4 aromatic carbocycles.